The first-order chi connectivity index (χ1) is 14.1. The summed E-state index contributed by atoms with van der Waals surface area (Å²) in [6, 6.07) is 16.1. The zero-order valence-corrected chi connectivity index (χ0v) is 18.2. The molecule has 3 aromatic rings. The van der Waals surface area contributed by atoms with E-state index in [1.54, 1.807) is 24.3 Å². The normalized spacial score (nSPS) is 11.6. The van der Waals surface area contributed by atoms with Crippen molar-refractivity contribution in [3.8, 4) is 0 Å². The van der Waals surface area contributed by atoms with Crippen molar-refractivity contribution in [3.63, 3.8) is 0 Å². The molecule has 3 aromatic carbocycles. The van der Waals surface area contributed by atoms with Crippen molar-refractivity contribution in [3.05, 3.63) is 87.4 Å². The molecule has 0 aliphatic heterocycles. The van der Waals surface area contributed by atoms with Crippen molar-refractivity contribution in [2.75, 3.05) is 9.44 Å². The molecule has 0 radical (unpaired) electrons. The highest BCUT2D eigenvalue weighted by Gasteiger charge is 2.18. The van der Waals surface area contributed by atoms with Gasteiger partial charge in [0, 0.05) is 28.0 Å². The van der Waals surface area contributed by atoms with Crippen LogP contribution in [0.4, 0.5) is 17.1 Å². The number of rotatable bonds is 7. The molecular formula is C18H14BrN3O6S2. The molecule has 0 fully saturated rings. The Bertz CT molecular complexity index is 1280. The Hall–Kier alpha value is -2.96. The number of benzene rings is 3. The lowest BCUT2D eigenvalue weighted by Gasteiger charge is -2.10. The lowest BCUT2D eigenvalue weighted by molar-refractivity contribution is -0.384. The summed E-state index contributed by atoms with van der Waals surface area (Å²) < 4.78 is 55.3. The van der Waals surface area contributed by atoms with E-state index in [1.807, 2.05) is 0 Å². The minimum atomic E-state index is -4.00. The van der Waals surface area contributed by atoms with Crippen LogP contribution in [0.15, 0.2) is 87.1 Å². The summed E-state index contributed by atoms with van der Waals surface area (Å²) in [4.78, 5) is 9.83. The molecule has 0 amide bonds. The molecule has 2 N–H and O–H groups in total. The number of nitro groups is 1. The average molecular weight is 512 g/mol. The van der Waals surface area contributed by atoms with Gasteiger partial charge in [-0.25, -0.2) is 16.8 Å². The van der Waals surface area contributed by atoms with Crippen LogP contribution in [0.5, 0.6) is 0 Å². The van der Waals surface area contributed by atoms with Gasteiger partial charge in [0.1, 0.15) is 0 Å². The van der Waals surface area contributed by atoms with Crippen molar-refractivity contribution in [2.24, 2.45) is 0 Å². The zero-order chi connectivity index (χ0) is 21.9. The van der Waals surface area contributed by atoms with Gasteiger partial charge in [-0.05, 0) is 60.7 Å². The van der Waals surface area contributed by atoms with Gasteiger partial charge in [0.25, 0.3) is 25.7 Å². The molecular weight excluding hydrogens is 498 g/mol. The van der Waals surface area contributed by atoms with E-state index < -0.39 is 25.0 Å². The maximum Gasteiger partial charge on any atom is 0.269 e. The molecule has 156 valence electrons. The smallest absolute Gasteiger partial charge is 0.269 e. The summed E-state index contributed by atoms with van der Waals surface area (Å²) in [7, 11) is -7.86. The Morgan fingerprint density at radius 2 is 1.03 bits per heavy atom. The second-order valence-corrected chi connectivity index (χ2v) is 10.3. The largest absolute Gasteiger partial charge is 0.280 e. The predicted octanol–water partition coefficient (Wildman–Crippen LogP) is 3.96. The van der Waals surface area contributed by atoms with Crippen LogP contribution in [-0.4, -0.2) is 21.8 Å². The lowest BCUT2D eigenvalue weighted by Crippen LogP contribution is -2.14. The van der Waals surface area contributed by atoms with Crippen LogP contribution >= 0.6 is 15.9 Å². The van der Waals surface area contributed by atoms with Crippen molar-refractivity contribution in [1.29, 1.82) is 0 Å². The fourth-order valence-corrected chi connectivity index (χ4v) is 4.78. The van der Waals surface area contributed by atoms with Gasteiger partial charge in [0.2, 0.25) is 0 Å². The van der Waals surface area contributed by atoms with Crippen molar-refractivity contribution >= 4 is 53.0 Å². The van der Waals surface area contributed by atoms with E-state index in [4.69, 9.17) is 0 Å². The van der Waals surface area contributed by atoms with Crippen LogP contribution in [0.25, 0.3) is 0 Å². The van der Waals surface area contributed by atoms with Gasteiger partial charge in [-0.2, -0.15) is 0 Å². The van der Waals surface area contributed by atoms with Crippen LogP contribution in [-0.2, 0) is 20.0 Å². The predicted molar refractivity (Wildman–Crippen MR) is 115 cm³/mol. The third-order valence-electron chi connectivity index (χ3n) is 3.87. The molecule has 3 rings (SSSR count). The molecule has 9 nitrogen and oxygen atoms in total. The second kappa shape index (κ2) is 8.42. The molecule has 0 unspecified atom stereocenters. The molecule has 0 saturated heterocycles. The molecule has 0 aromatic heterocycles. The van der Waals surface area contributed by atoms with E-state index in [0.717, 1.165) is 28.7 Å². The molecule has 0 heterocycles. The zero-order valence-electron chi connectivity index (χ0n) is 15.0. The number of nitrogens with one attached hydrogen (secondary N) is 2. The molecule has 0 spiro atoms. The standard InChI is InChI=1S/C18H14BrN3O6S2/c19-13-1-3-14(4-2-13)20-29(25,26)17-9-5-15(6-10-17)21-30(27,28)18-11-7-16(8-12-18)22(23)24/h1-12,20-21H. The van der Waals surface area contributed by atoms with E-state index in [9.17, 15) is 26.9 Å². The Morgan fingerprint density at radius 3 is 1.43 bits per heavy atom. The van der Waals surface area contributed by atoms with Crippen molar-refractivity contribution in [1.82, 2.24) is 0 Å². The molecule has 0 aliphatic rings. The fraction of sp³-hybridized carbons (Fsp3) is 0. The Morgan fingerprint density at radius 1 is 0.667 bits per heavy atom. The summed E-state index contributed by atoms with van der Waals surface area (Å²) in [5.74, 6) is 0. The van der Waals surface area contributed by atoms with Crippen LogP contribution in [0, 0.1) is 10.1 Å². The van der Waals surface area contributed by atoms with E-state index in [1.165, 1.54) is 24.3 Å². The highest BCUT2D eigenvalue weighted by atomic mass is 79.9. The molecule has 0 bridgehead atoms. The lowest BCUT2D eigenvalue weighted by atomic mass is 10.3. The number of hydrogen-bond acceptors (Lipinski definition) is 6. The maximum absolute atomic E-state index is 12.5. The Kier molecular flexibility index (Phi) is 6.10. The van der Waals surface area contributed by atoms with Gasteiger partial charge in [-0.3, -0.25) is 19.6 Å². The van der Waals surface area contributed by atoms with Crippen LogP contribution in [0.2, 0.25) is 0 Å². The highest BCUT2D eigenvalue weighted by Crippen LogP contribution is 2.22. The molecule has 0 saturated carbocycles. The second-order valence-electron chi connectivity index (χ2n) is 5.99. The number of nitrogens with zero attached hydrogens (tertiary/aromatic N) is 1. The highest BCUT2D eigenvalue weighted by molar-refractivity contribution is 9.10. The quantitative estimate of drug-likeness (QED) is 0.364. The first-order valence-corrected chi connectivity index (χ1v) is 12.0. The number of anilines is 2. The number of hydrogen-bond donors (Lipinski definition) is 2. The Balaban J connectivity index is 1.76. The van der Waals surface area contributed by atoms with Crippen molar-refractivity contribution in [2.45, 2.75) is 9.79 Å². The van der Waals surface area contributed by atoms with E-state index in [0.29, 0.717) is 5.69 Å². The summed E-state index contributed by atoms with van der Waals surface area (Å²) in [5, 5.41) is 10.7. The summed E-state index contributed by atoms with van der Waals surface area (Å²) in [6.45, 7) is 0. The number of sulfonamides is 2. The first-order valence-electron chi connectivity index (χ1n) is 8.23. The van der Waals surface area contributed by atoms with Crippen LogP contribution in [0.1, 0.15) is 0 Å². The van der Waals surface area contributed by atoms with Crippen LogP contribution in [0.3, 0.4) is 0 Å². The number of halogens is 1. The van der Waals surface area contributed by atoms with Gasteiger partial charge >= 0.3 is 0 Å². The fourth-order valence-electron chi connectivity index (χ4n) is 2.40. The summed E-state index contributed by atoms with van der Waals surface area (Å²) in [6.07, 6.45) is 0. The Labute approximate surface area is 181 Å². The van der Waals surface area contributed by atoms with Crippen LogP contribution < -0.4 is 9.44 Å². The average Bonchev–Trinajstić information content (AvgIpc) is 2.70. The minimum absolute atomic E-state index is 0.0521. The monoisotopic (exact) mass is 511 g/mol. The van der Waals surface area contributed by atoms with E-state index >= 15 is 0 Å². The molecule has 0 aliphatic carbocycles. The van der Waals surface area contributed by atoms with Gasteiger partial charge in [0.15, 0.2) is 0 Å². The van der Waals surface area contributed by atoms with Gasteiger partial charge in [-0.1, -0.05) is 15.9 Å². The number of non-ortho nitro benzene ring substituents is 1. The SMILES string of the molecule is O=[N+]([O-])c1ccc(S(=O)(=O)Nc2ccc(S(=O)(=O)Nc3ccc(Br)cc3)cc2)cc1. The van der Waals surface area contributed by atoms with Gasteiger partial charge in [-0.15, -0.1) is 0 Å². The first kappa shape index (κ1) is 21.7. The number of nitro benzene ring substituents is 1. The minimum Gasteiger partial charge on any atom is -0.280 e. The van der Waals surface area contributed by atoms with E-state index in [-0.39, 0.29) is 21.2 Å². The molecule has 12 heteroatoms. The molecule has 30 heavy (non-hydrogen) atoms. The van der Waals surface area contributed by atoms with Gasteiger partial charge in [0.05, 0.1) is 14.7 Å². The van der Waals surface area contributed by atoms with E-state index in [2.05, 4.69) is 25.4 Å². The third-order valence-corrected chi connectivity index (χ3v) is 7.19. The summed E-state index contributed by atoms with van der Waals surface area (Å²) >= 11 is 3.27. The molecule has 0 atom stereocenters. The van der Waals surface area contributed by atoms with Crippen molar-refractivity contribution < 1.29 is 21.8 Å². The third kappa shape index (κ3) is 5.14. The summed E-state index contributed by atoms with van der Waals surface area (Å²) in [5.41, 5.74) is 0.277. The maximum atomic E-state index is 12.5. The topological polar surface area (TPSA) is 135 Å². The van der Waals surface area contributed by atoms with Gasteiger partial charge < -0.3 is 0 Å².